The van der Waals surface area contributed by atoms with Crippen LogP contribution in [-0.4, -0.2) is 24.4 Å². The fourth-order valence-electron chi connectivity index (χ4n) is 3.55. The summed E-state index contributed by atoms with van der Waals surface area (Å²) in [5.74, 6) is -1.28. The molecule has 7 nitrogen and oxygen atoms in total. The minimum Gasteiger partial charge on any atom is -0.450 e. The Morgan fingerprint density at radius 1 is 1.31 bits per heavy atom. The normalized spacial score (nSPS) is 15.7. The summed E-state index contributed by atoms with van der Waals surface area (Å²) in [6.45, 7) is 1.66. The molecule has 0 spiro atoms. The van der Waals surface area contributed by atoms with Gasteiger partial charge in [-0.2, -0.15) is 0 Å². The molecule has 1 aliphatic carbocycles. The van der Waals surface area contributed by atoms with E-state index in [1.54, 1.807) is 18.2 Å². The van der Waals surface area contributed by atoms with Gasteiger partial charge in [0, 0.05) is 10.3 Å². The Morgan fingerprint density at radius 3 is 2.86 bits per heavy atom. The van der Waals surface area contributed by atoms with E-state index in [0.29, 0.717) is 22.1 Å². The van der Waals surface area contributed by atoms with E-state index >= 15 is 0 Å². The number of thiophene rings is 1. The summed E-state index contributed by atoms with van der Waals surface area (Å²) in [5.41, 5.74) is 7.41. The van der Waals surface area contributed by atoms with Gasteiger partial charge in [-0.25, -0.2) is 4.79 Å². The molecule has 0 fully saturated rings. The van der Waals surface area contributed by atoms with Crippen molar-refractivity contribution < 1.29 is 23.5 Å². The molecule has 3 N–H and O–H groups in total. The maximum absolute atomic E-state index is 12.3. The number of primary amides is 1. The largest absolute Gasteiger partial charge is 0.450 e. The molecule has 0 aliphatic heterocycles. The highest BCUT2D eigenvalue weighted by Gasteiger charge is 2.27. The van der Waals surface area contributed by atoms with Crippen LogP contribution in [0, 0.1) is 5.92 Å². The summed E-state index contributed by atoms with van der Waals surface area (Å²) in [4.78, 5) is 37.5. The monoisotopic (exact) mass is 412 g/mol. The Labute approximate surface area is 170 Å². The first-order valence-electron chi connectivity index (χ1n) is 9.32. The van der Waals surface area contributed by atoms with Crippen LogP contribution in [0.25, 0.3) is 11.0 Å². The quantitative estimate of drug-likeness (QED) is 0.623. The van der Waals surface area contributed by atoms with E-state index in [2.05, 4.69) is 12.2 Å². The molecule has 0 bridgehead atoms. The van der Waals surface area contributed by atoms with Crippen molar-refractivity contribution in [3.8, 4) is 0 Å². The van der Waals surface area contributed by atoms with Crippen LogP contribution in [0.3, 0.4) is 0 Å². The number of para-hydroxylation sites is 1. The summed E-state index contributed by atoms with van der Waals surface area (Å²) >= 11 is 1.36. The summed E-state index contributed by atoms with van der Waals surface area (Å²) in [7, 11) is 0. The SMILES string of the molecule is C[C@@H]1CCc2c(sc(NC(=O)COC(=O)c3cc4ccccc4o3)c2C(N)=O)C1. The molecule has 29 heavy (non-hydrogen) atoms. The van der Waals surface area contributed by atoms with Gasteiger partial charge < -0.3 is 20.2 Å². The van der Waals surface area contributed by atoms with E-state index in [0.717, 1.165) is 35.1 Å². The van der Waals surface area contributed by atoms with Crippen molar-refractivity contribution in [1.82, 2.24) is 0 Å². The molecule has 2 heterocycles. The number of fused-ring (bicyclic) bond motifs is 2. The standard InChI is InChI=1S/C21H20N2O5S/c1-11-6-7-13-16(8-11)29-20(18(13)19(22)25)23-17(24)10-27-21(26)15-9-12-4-2-3-5-14(12)28-15/h2-5,9,11H,6-8,10H2,1H3,(H2,22,25)(H,23,24)/t11-/m1/s1. The van der Waals surface area contributed by atoms with Gasteiger partial charge in [-0.05, 0) is 42.9 Å². The highest BCUT2D eigenvalue weighted by atomic mass is 32.1. The molecule has 0 unspecified atom stereocenters. The van der Waals surface area contributed by atoms with E-state index in [1.165, 1.54) is 11.3 Å². The van der Waals surface area contributed by atoms with Crippen molar-refractivity contribution in [3.63, 3.8) is 0 Å². The molecule has 8 heteroatoms. The average molecular weight is 412 g/mol. The van der Waals surface area contributed by atoms with Crippen molar-refractivity contribution >= 4 is 45.1 Å². The van der Waals surface area contributed by atoms with Gasteiger partial charge in [-0.1, -0.05) is 25.1 Å². The molecule has 3 aromatic rings. The molecule has 0 saturated heterocycles. The van der Waals surface area contributed by atoms with E-state index in [-0.39, 0.29) is 5.76 Å². The number of nitrogens with one attached hydrogen (secondary N) is 1. The predicted octanol–water partition coefficient (Wildman–Crippen LogP) is 3.51. The third-order valence-electron chi connectivity index (χ3n) is 4.97. The second-order valence-electron chi connectivity index (χ2n) is 7.19. The third-order valence-corrected chi connectivity index (χ3v) is 6.14. The highest BCUT2D eigenvalue weighted by Crippen LogP contribution is 2.39. The molecule has 1 aliphatic rings. The lowest BCUT2D eigenvalue weighted by Gasteiger charge is -2.18. The Bertz CT molecular complexity index is 1080. The second kappa shape index (κ2) is 7.71. The number of furan rings is 1. The topological polar surface area (TPSA) is 112 Å². The number of hydrogen-bond donors (Lipinski definition) is 2. The van der Waals surface area contributed by atoms with E-state index in [4.69, 9.17) is 14.9 Å². The smallest absolute Gasteiger partial charge is 0.374 e. The molecule has 0 saturated carbocycles. The Morgan fingerprint density at radius 2 is 2.10 bits per heavy atom. The van der Waals surface area contributed by atoms with Crippen LogP contribution >= 0.6 is 11.3 Å². The second-order valence-corrected chi connectivity index (χ2v) is 8.30. The number of carbonyl (C=O) groups is 3. The molecule has 2 amide bonds. The molecule has 0 radical (unpaired) electrons. The van der Waals surface area contributed by atoms with Gasteiger partial charge >= 0.3 is 5.97 Å². The van der Waals surface area contributed by atoms with Crippen LogP contribution < -0.4 is 11.1 Å². The van der Waals surface area contributed by atoms with Crippen molar-refractivity contribution in [2.24, 2.45) is 11.7 Å². The van der Waals surface area contributed by atoms with Crippen LogP contribution in [0.5, 0.6) is 0 Å². The zero-order chi connectivity index (χ0) is 20.5. The summed E-state index contributed by atoms with van der Waals surface area (Å²) in [6.07, 6.45) is 2.60. The number of amides is 2. The van der Waals surface area contributed by atoms with Gasteiger partial charge in [-0.3, -0.25) is 9.59 Å². The third kappa shape index (κ3) is 3.88. The van der Waals surface area contributed by atoms with Crippen molar-refractivity contribution in [3.05, 3.63) is 52.1 Å². The molecule has 1 atom stereocenters. The first kappa shape index (κ1) is 19.2. The van der Waals surface area contributed by atoms with Crippen LogP contribution in [-0.2, 0) is 22.4 Å². The molecular formula is C21H20N2O5S. The van der Waals surface area contributed by atoms with Crippen LogP contribution in [0.2, 0.25) is 0 Å². The lowest BCUT2D eigenvalue weighted by molar-refractivity contribution is -0.119. The number of anilines is 1. The molecular weight excluding hydrogens is 392 g/mol. The maximum atomic E-state index is 12.3. The van der Waals surface area contributed by atoms with Gasteiger partial charge in [0.25, 0.3) is 11.8 Å². The van der Waals surface area contributed by atoms with Crippen LogP contribution in [0.4, 0.5) is 5.00 Å². The summed E-state index contributed by atoms with van der Waals surface area (Å²) in [5, 5.41) is 3.86. The highest BCUT2D eigenvalue weighted by molar-refractivity contribution is 7.17. The number of ether oxygens (including phenoxy) is 1. The molecule has 150 valence electrons. The predicted molar refractivity (Wildman–Crippen MR) is 109 cm³/mol. The van der Waals surface area contributed by atoms with Crippen molar-refractivity contribution in [2.45, 2.75) is 26.2 Å². The Kier molecular flexibility index (Phi) is 5.10. The van der Waals surface area contributed by atoms with Crippen LogP contribution in [0.1, 0.15) is 44.7 Å². The number of benzene rings is 1. The zero-order valence-corrected chi connectivity index (χ0v) is 16.6. The lowest BCUT2D eigenvalue weighted by atomic mass is 9.88. The number of rotatable bonds is 5. The van der Waals surface area contributed by atoms with Gasteiger partial charge in [0.15, 0.2) is 6.61 Å². The maximum Gasteiger partial charge on any atom is 0.374 e. The summed E-state index contributed by atoms with van der Waals surface area (Å²) < 4.78 is 10.5. The molecule has 4 rings (SSSR count). The van der Waals surface area contributed by atoms with Crippen molar-refractivity contribution in [1.29, 1.82) is 0 Å². The summed E-state index contributed by atoms with van der Waals surface area (Å²) in [6, 6.07) is 8.75. The first-order valence-corrected chi connectivity index (χ1v) is 10.1. The zero-order valence-electron chi connectivity index (χ0n) is 15.8. The Hall–Kier alpha value is -3.13. The number of carbonyl (C=O) groups excluding carboxylic acids is 3. The fraction of sp³-hybridized carbons (Fsp3) is 0.286. The van der Waals surface area contributed by atoms with E-state index in [1.807, 2.05) is 12.1 Å². The minimum absolute atomic E-state index is 0.0254. The number of nitrogens with two attached hydrogens (primary N) is 1. The fourth-order valence-corrected chi connectivity index (χ4v) is 4.98. The molecule has 2 aromatic heterocycles. The van der Waals surface area contributed by atoms with E-state index in [9.17, 15) is 14.4 Å². The van der Waals surface area contributed by atoms with Crippen LogP contribution in [0.15, 0.2) is 34.7 Å². The first-order chi connectivity index (χ1) is 13.9. The molecule has 1 aromatic carbocycles. The minimum atomic E-state index is -0.731. The van der Waals surface area contributed by atoms with E-state index < -0.39 is 24.4 Å². The van der Waals surface area contributed by atoms with Crippen molar-refractivity contribution in [2.75, 3.05) is 11.9 Å². The van der Waals surface area contributed by atoms with Gasteiger partial charge in [-0.15, -0.1) is 11.3 Å². The van der Waals surface area contributed by atoms with Gasteiger partial charge in [0.05, 0.1) is 5.56 Å². The number of esters is 1. The van der Waals surface area contributed by atoms with Gasteiger partial charge in [0.1, 0.15) is 10.6 Å². The lowest BCUT2D eigenvalue weighted by Crippen LogP contribution is -2.23. The average Bonchev–Trinajstić information content (AvgIpc) is 3.26. The van der Waals surface area contributed by atoms with Gasteiger partial charge in [0.2, 0.25) is 5.76 Å². The number of hydrogen-bond acceptors (Lipinski definition) is 6. The Balaban J connectivity index is 1.43.